The Kier molecular flexibility index (Phi) is 1.37. The van der Waals surface area contributed by atoms with E-state index in [0.29, 0.717) is 4.78 Å². The van der Waals surface area contributed by atoms with Gasteiger partial charge < -0.3 is 10.4 Å². The normalized spacial score (nSPS) is 39.3. The minimum atomic E-state index is -0.0355. The van der Waals surface area contributed by atoms with E-state index in [1.807, 2.05) is 0 Å². The summed E-state index contributed by atoms with van der Waals surface area (Å²) in [5, 5.41) is 18.2. The fraction of sp³-hybridized carbons (Fsp3) is 1.00. The van der Waals surface area contributed by atoms with Crippen molar-refractivity contribution in [3.8, 4) is 0 Å². The Morgan fingerprint density at radius 1 is 1.86 bits per heavy atom. The third-order valence-corrected chi connectivity index (χ3v) is 2.59. The molecular formula is C3H7AlNO2-. The van der Waals surface area contributed by atoms with E-state index >= 15 is 0 Å². The van der Waals surface area contributed by atoms with E-state index in [2.05, 4.69) is 0 Å². The molecule has 1 aliphatic carbocycles. The van der Waals surface area contributed by atoms with Crippen LogP contribution in [0.2, 0.25) is 4.78 Å². The van der Waals surface area contributed by atoms with E-state index in [1.165, 1.54) is 0 Å². The maximum atomic E-state index is 9.91. The van der Waals surface area contributed by atoms with Crippen LogP contribution >= 0.6 is 0 Å². The third-order valence-electron chi connectivity index (χ3n) is 1.35. The molecule has 1 rings (SSSR count). The second-order valence-electron chi connectivity index (χ2n) is 2.08. The Balaban J connectivity index is 2.20. The standard InChI is InChI=1S/C3H5NO2.Al.2H/c5-4(6)3-1-2-3;;;/h1,3,5H,2H2;;;/q-1;;;. The monoisotopic (exact) mass is 116 g/mol. The fourth-order valence-electron chi connectivity index (χ4n) is 0.610. The van der Waals surface area contributed by atoms with Gasteiger partial charge in [-0.2, -0.15) is 0 Å². The number of rotatable bonds is 1. The Morgan fingerprint density at radius 2 is 2.29 bits per heavy atom. The van der Waals surface area contributed by atoms with Crippen molar-refractivity contribution in [2.24, 2.45) is 0 Å². The van der Waals surface area contributed by atoms with E-state index in [-0.39, 0.29) is 11.3 Å². The van der Waals surface area contributed by atoms with Gasteiger partial charge in [0.05, 0.1) is 0 Å². The first-order valence-corrected chi connectivity index (χ1v) is 3.52. The lowest BCUT2D eigenvalue weighted by atomic mass is 10.8. The largest absolute Gasteiger partial charge is 0.762 e. The summed E-state index contributed by atoms with van der Waals surface area (Å²) in [4.78, 5) is 0. The Labute approximate surface area is 49.9 Å². The SMILES string of the molecule is [O-]N(O)C1C[CH]1[AlH2]. The molecule has 0 saturated heterocycles. The van der Waals surface area contributed by atoms with Crippen LogP contribution in [0.25, 0.3) is 0 Å². The first kappa shape index (κ1) is 5.55. The van der Waals surface area contributed by atoms with Gasteiger partial charge in [0, 0.05) is 6.04 Å². The predicted molar refractivity (Wildman–Crippen MR) is 27.7 cm³/mol. The third kappa shape index (κ3) is 1.15. The molecule has 1 saturated carbocycles. The van der Waals surface area contributed by atoms with Crippen molar-refractivity contribution in [1.29, 1.82) is 0 Å². The van der Waals surface area contributed by atoms with Crippen LogP contribution in [0, 0.1) is 5.21 Å². The Bertz CT molecular complexity index is 77.3. The predicted octanol–water partition coefficient (Wildman–Crippen LogP) is -0.631. The van der Waals surface area contributed by atoms with Crippen molar-refractivity contribution in [2.45, 2.75) is 17.2 Å². The number of hydroxylamine groups is 2. The number of hydrogen-bond acceptors (Lipinski definition) is 3. The van der Waals surface area contributed by atoms with Crippen LogP contribution < -0.4 is 0 Å². The quantitative estimate of drug-likeness (QED) is 0.366. The molecule has 1 N–H and O–H groups in total. The van der Waals surface area contributed by atoms with E-state index in [4.69, 9.17) is 5.21 Å². The molecule has 2 atom stereocenters. The van der Waals surface area contributed by atoms with Crippen molar-refractivity contribution >= 4 is 16.3 Å². The summed E-state index contributed by atoms with van der Waals surface area (Å²) >= 11 is 1.04. The molecule has 2 unspecified atom stereocenters. The molecule has 0 spiro atoms. The van der Waals surface area contributed by atoms with Crippen LogP contribution in [-0.2, 0) is 0 Å². The van der Waals surface area contributed by atoms with Gasteiger partial charge in [0.1, 0.15) is 0 Å². The summed E-state index contributed by atoms with van der Waals surface area (Å²) in [5.74, 6) is 0. The van der Waals surface area contributed by atoms with Gasteiger partial charge in [0.15, 0.2) is 0 Å². The van der Waals surface area contributed by atoms with E-state index in [0.717, 1.165) is 22.7 Å². The van der Waals surface area contributed by atoms with Gasteiger partial charge in [-0.3, -0.25) is 5.23 Å². The molecule has 0 aromatic rings. The Hall–Kier alpha value is 0.412. The topological polar surface area (TPSA) is 46.5 Å². The minimum absolute atomic E-state index is 0.0355. The molecule has 0 aromatic carbocycles. The molecule has 0 aliphatic heterocycles. The Morgan fingerprint density at radius 3 is 2.29 bits per heavy atom. The van der Waals surface area contributed by atoms with Crippen LogP contribution in [0.5, 0.6) is 0 Å². The summed E-state index contributed by atoms with van der Waals surface area (Å²) in [6, 6.07) is -0.0355. The van der Waals surface area contributed by atoms with Gasteiger partial charge in [-0.05, 0) is 6.42 Å². The molecule has 0 heterocycles. The molecule has 1 aliphatic rings. The fourth-order valence-corrected chi connectivity index (χ4v) is 1.35. The van der Waals surface area contributed by atoms with Gasteiger partial charge >= 0.3 is 0 Å². The van der Waals surface area contributed by atoms with Gasteiger partial charge in [-0.25, -0.2) is 0 Å². The molecule has 40 valence electrons. The molecule has 4 heteroatoms. The molecule has 0 amide bonds. The molecule has 7 heavy (non-hydrogen) atoms. The van der Waals surface area contributed by atoms with Crippen LogP contribution in [0.3, 0.4) is 0 Å². The highest BCUT2D eigenvalue weighted by Crippen LogP contribution is 2.36. The number of nitrogens with zero attached hydrogens (tertiary/aromatic N) is 1. The summed E-state index contributed by atoms with van der Waals surface area (Å²) in [6.07, 6.45) is 0.909. The highest BCUT2D eigenvalue weighted by Gasteiger charge is 2.32. The van der Waals surface area contributed by atoms with E-state index in [9.17, 15) is 5.21 Å². The van der Waals surface area contributed by atoms with Crippen LogP contribution in [-0.4, -0.2) is 32.8 Å². The average molecular weight is 116 g/mol. The first-order chi connectivity index (χ1) is 3.22. The van der Waals surface area contributed by atoms with Gasteiger partial charge in [-0.1, -0.05) is 4.78 Å². The van der Waals surface area contributed by atoms with Crippen LogP contribution in [0.15, 0.2) is 0 Å². The highest BCUT2D eigenvalue weighted by atomic mass is 27.0. The molecular weight excluding hydrogens is 109 g/mol. The zero-order valence-electron chi connectivity index (χ0n) is 4.16. The summed E-state index contributed by atoms with van der Waals surface area (Å²) in [5.41, 5.74) is 0. The van der Waals surface area contributed by atoms with Crippen molar-refractivity contribution in [3.05, 3.63) is 5.21 Å². The lowest BCUT2D eigenvalue weighted by Gasteiger charge is -2.18. The first-order valence-electron chi connectivity index (χ1n) is 2.37. The highest BCUT2D eigenvalue weighted by molar-refractivity contribution is 6.14. The maximum absolute atomic E-state index is 9.91. The van der Waals surface area contributed by atoms with Crippen LogP contribution in [0.1, 0.15) is 6.42 Å². The average Bonchev–Trinajstić information content (AvgIpc) is 2.17. The van der Waals surface area contributed by atoms with Gasteiger partial charge in [-0.15, -0.1) is 0 Å². The van der Waals surface area contributed by atoms with Crippen molar-refractivity contribution in [3.63, 3.8) is 0 Å². The van der Waals surface area contributed by atoms with E-state index in [1.54, 1.807) is 0 Å². The zero-order chi connectivity index (χ0) is 5.44. The number of hydrogen-bond donors (Lipinski definition) is 1. The summed E-state index contributed by atoms with van der Waals surface area (Å²) in [7, 11) is 0. The molecule has 3 nitrogen and oxygen atoms in total. The lowest BCUT2D eigenvalue weighted by molar-refractivity contribution is -0.0488. The second kappa shape index (κ2) is 1.73. The smallest absolute Gasteiger partial charge is 0.218 e. The maximum Gasteiger partial charge on any atom is 0.218 e. The van der Waals surface area contributed by atoms with Crippen molar-refractivity contribution < 1.29 is 5.21 Å². The summed E-state index contributed by atoms with van der Waals surface area (Å²) < 4.78 is 0.544. The van der Waals surface area contributed by atoms with Gasteiger partial charge in [0.2, 0.25) is 16.3 Å². The summed E-state index contributed by atoms with van der Waals surface area (Å²) in [6.45, 7) is 0. The second-order valence-corrected chi connectivity index (χ2v) is 3.57. The van der Waals surface area contributed by atoms with Crippen LogP contribution in [0.4, 0.5) is 0 Å². The lowest BCUT2D eigenvalue weighted by Crippen LogP contribution is -2.13. The van der Waals surface area contributed by atoms with E-state index < -0.39 is 0 Å². The van der Waals surface area contributed by atoms with Gasteiger partial charge in [0.25, 0.3) is 0 Å². The van der Waals surface area contributed by atoms with Crippen molar-refractivity contribution in [1.82, 2.24) is 5.23 Å². The van der Waals surface area contributed by atoms with Crippen molar-refractivity contribution in [2.75, 3.05) is 0 Å². The molecule has 1 fully saturated rings. The minimum Gasteiger partial charge on any atom is -0.762 e. The molecule has 0 aromatic heterocycles. The molecule has 0 radical (unpaired) electrons. The zero-order valence-corrected chi connectivity index (χ0v) is 6.16. The molecule has 0 bridgehead atoms.